The molecule has 168 valence electrons. The molecule has 0 bridgehead atoms. The lowest BCUT2D eigenvalue weighted by Crippen LogP contribution is -2.30. The number of carbonyl (C=O) groups is 1. The standard InChI is InChI=1S/C28H20F2N2O2/c29-21-10-11-22(23(30)16-21)19-9-12-26-24(15-19)31-27(34-26)25-6-3-13-32(25)28(33)20-8-7-17-4-1-2-5-18(17)14-20/h1-2,4-5,7-12,14-16,25H,3,6,13H2/t25-/m1/s1. The largest absolute Gasteiger partial charge is 0.438 e. The molecule has 6 rings (SSSR count). The van der Waals surface area contributed by atoms with Crippen LogP contribution in [-0.4, -0.2) is 22.3 Å². The molecule has 1 aromatic heterocycles. The molecule has 1 saturated heterocycles. The van der Waals surface area contributed by atoms with Gasteiger partial charge in [0.05, 0.1) is 0 Å². The van der Waals surface area contributed by atoms with Crippen LogP contribution in [0, 0.1) is 11.6 Å². The summed E-state index contributed by atoms with van der Waals surface area (Å²) in [6, 6.07) is 22.1. The molecule has 0 radical (unpaired) electrons. The van der Waals surface area contributed by atoms with Gasteiger partial charge in [-0.3, -0.25) is 4.79 Å². The lowest BCUT2D eigenvalue weighted by Gasteiger charge is -2.22. The van der Waals surface area contributed by atoms with Gasteiger partial charge in [-0.25, -0.2) is 13.8 Å². The van der Waals surface area contributed by atoms with Gasteiger partial charge < -0.3 is 9.32 Å². The Labute approximate surface area is 194 Å². The van der Waals surface area contributed by atoms with E-state index in [-0.39, 0.29) is 11.9 Å². The maximum Gasteiger partial charge on any atom is 0.254 e. The van der Waals surface area contributed by atoms with E-state index in [1.165, 1.54) is 12.1 Å². The van der Waals surface area contributed by atoms with Crippen molar-refractivity contribution in [2.24, 2.45) is 0 Å². The van der Waals surface area contributed by atoms with Crippen molar-refractivity contribution in [2.45, 2.75) is 18.9 Å². The van der Waals surface area contributed by atoms with Gasteiger partial charge in [-0.2, -0.15) is 0 Å². The van der Waals surface area contributed by atoms with E-state index in [2.05, 4.69) is 4.98 Å². The smallest absolute Gasteiger partial charge is 0.254 e. The highest BCUT2D eigenvalue weighted by Gasteiger charge is 2.34. The fraction of sp³-hybridized carbons (Fsp3) is 0.143. The van der Waals surface area contributed by atoms with Crippen LogP contribution >= 0.6 is 0 Å². The van der Waals surface area contributed by atoms with Crippen LogP contribution in [0.15, 0.2) is 83.3 Å². The van der Waals surface area contributed by atoms with Gasteiger partial charge in [-0.05, 0) is 65.6 Å². The minimum atomic E-state index is -0.633. The third kappa shape index (κ3) is 3.52. The first-order valence-corrected chi connectivity index (χ1v) is 11.2. The predicted molar refractivity (Wildman–Crippen MR) is 126 cm³/mol. The van der Waals surface area contributed by atoms with E-state index in [9.17, 15) is 13.6 Å². The maximum atomic E-state index is 14.3. The maximum absolute atomic E-state index is 14.3. The zero-order chi connectivity index (χ0) is 23.2. The van der Waals surface area contributed by atoms with Crippen molar-refractivity contribution >= 4 is 27.8 Å². The first kappa shape index (κ1) is 20.5. The highest BCUT2D eigenvalue weighted by atomic mass is 19.1. The van der Waals surface area contributed by atoms with Gasteiger partial charge in [-0.15, -0.1) is 0 Å². The average molecular weight is 454 g/mol. The Bertz CT molecular complexity index is 1560. The van der Waals surface area contributed by atoms with Crippen LogP contribution in [-0.2, 0) is 0 Å². The number of hydrogen-bond donors (Lipinski definition) is 0. The minimum absolute atomic E-state index is 0.0513. The Morgan fingerprint density at radius 1 is 0.941 bits per heavy atom. The summed E-state index contributed by atoms with van der Waals surface area (Å²) in [4.78, 5) is 19.8. The van der Waals surface area contributed by atoms with Crippen LogP contribution in [0.5, 0.6) is 0 Å². The molecule has 6 heteroatoms. The number of rotatable bonds is 3. The molecule has 1 aliphatic rings. The van der Waals surface area contributed by atoms with Gasteiger partial charge in [0.1, 0.15) is 23.2 Å². The van der Waals surface area contributed by atoms with Gasteiger partial charge in [-0.1, -0.05) is 36.4 Å². The van der Waals surface area contributed by atoms with Gasteiger partial charge in [0.2, 0.25) is 5.89 Å². The molecule has 34 heavy (non-hydrogen) atoms. The van der Waals surface area contributed by atoms with E-state index in [1.807, 2.05) is 47.4 Å². The SMILES string of the molecule is O=C(c1ccc2ccccc2c1)N1CCC[C@@H]1c1nc2cc(-c3ccc(F)cc3F)ccc2o1. The molecule has 0 unspecified atom stereocenters. The molecule has 5 aromatic rings. The molecule has 1 aliphatic heterocycles. The van der Waals surface area contributed by atoms with E-state index in [4.69, 9.17) is 4.42 Å². The Balaban J connectivity index is 1.32. The quantitative estimate of drug-likeness (QED) is 0.298. The van der Waals surface area contributed by atoms with Crippen LogP contribution in [0.2, 0.25) is 0 Å². The van der Waals surface area contributed by atoms with Gasteiger partial charge in [0.15, 0.2) is 5.58 Å². The molecule has 0 N–H and O–H groups in total. The van der Waals surface area contributed by atoms with Gasteiger partial charge in [0, 0.05) is 23.7 Å². The lowest BCUT2D eigenvalue weighted by molar-refractivity contribution is 0.0717. The van der Waals surface area contributed by atoms with E-state index in [0.717, 1.165) is 29.7 Å². The molecule has 1 atom stereocenters. The van der Waals surface area contributed by atoms with Gasteiger partial charge in [0.25, 0.3) is 5.91 Å². The molecule has 4 nitrogen and oxygen atoms in total. The van der Waals surface area contributed by atoms with Crippen molar-refractivity contribution in [3.63, 3.8) is 0 Å². The molecule has 0 saturated carbocycles. The van der Waals surface area contributed by atoms with Crippen molar-refractivity contribution in [2.75, 3.05) is 6.54 Å². The topological polar surface area (TPSA) is 46.3 Å². The summed E-state index contributed by atoms with van der Waals surface area (Å²) in [5, 5.41) is 2.11. The predicted octanol–water partition coefficient (Wildman–Crippen LogP) is 6.90. The Hall–Kier alpha value is -4.06. The van der Waals surface area contributed by atoms with E-state index < -0.39 is 11.6 Å². The van der Waals surface area contributed by atoms with Crippen LogP contribution in [0.4, 0.5) is 8.78 Å². The molecule has 0 aliphatic carbocycles. The van der Waals surface area contributed by atoms with E-state index in [0.29, 0.717) is 40.2 Å². The van der Waals surface area contributed by atoms with Crippen molar-refractivity contribution in [3.8, 4) is 11.1 Å². The van der Waals surface area contributed by atoms with E-state index in [1.54, 1.807) is 18.2 Å². The summed E-state index contributed by atoms with van der Waals surface area (Å²) in [5.74, 6) is -0.836. The average Bonchev–Trinajstić information content (AvgIpc) is 3.50. The first-order chi connectivity index (χ1) is 16.6. The third-order valence-electron chi connectivity index (χ3n) is 6.44. The summed E-state index contributed by atoms with van der Waals surface area (Å²) >= 11 is 0. The second-order valence-corrected chi connectivity index (χ2v) is 8.58. The Kier molecular flexibility index (Phi) is 4.87. The Morgan fingerprint density at radius 3 is 2.65 bits per heavy atom. The molecular weight excluding hydrogens is 434 g/mol. The lowest BCUT2D eigenvalue weighted by atomic mass is 10.0. The second-order valence-electron chi connectivity index (χ2n) is 8.58. The summed E-state index contributed by atoms with van der Waals surface area (Å²) in [6.45, 7) is 0.626. The molecule has 0 spiro atoms. The van der Waals surface area contributed by atoms with Crippen molar-refractivity contribution < 1.29 is 18.0 Å². The molecule has 1 amide bonds. The van der Waals surface area contributed by atoms with Crippen LogP contribution in [0.1, 0.15) is 35.1 Å². The third-order valence-corrected chi connectivity index (χ3v) is 6.44. The number of hydrogen-bond acceptors (Lipinski definition) is 3. The summed E-state index contributed by atoms with van der Waals surface area (Å²) < 4.78 is 33.6. The van der Waals surface area contributed by atoms with Crippen LogP contribution < -0.4 is 0 Å². The number of oxazole rings is 1. The van der Waals surface area contributed by atoms with Crippen LogP contribution in [0.3, 0.4) is 0 Å². The monoisotopic (exact) mass is 454 g/mol. The normalized spacial score (nSPS) is 15.9. The number of likely N-dealkylation sites (tertiary alicyclic amines) is 1. The number of nitrogens with zero attached hydrogens (tertiary/aromatic N) is 2. The van der Waals surface area contributed by atoms with Crippen molar-refractivity contribution in [1.82, 2.24) is 9.88 Å². The van der Waals surface area contributed by atoms with Crippen molar-refractivity contribution in [3.05, 3.63) is 102 Å². The highest BCUT2D eigenvalue weighted by molar-refractivity contribution is 5.99. The summed E-state index contributed by atoms with van der Waals surface area (Å²) in [5.41, 5.74) is 2.64. The van der Waals surface area contributed by atoms with E-state index >= 15 is 0 Å². The number of aromatic nitrogens is 1. The number of carbonyl (C=O) groups excluding carboxylic acids is 1. The zero-order valence-corrected chi connectivity index (χ0v) is 18.2. The molecule has 1 fully saturated rings. The highest BCUT2D eigenvalue weighted by Crippen LogP contribution is 2.36. The number of fused-ring (bicyclic) bond motifs is 2. The Morgan fingerprint density at radius 2 is 1.79 bits per heavy atom. The fourth-order valence-electron chi connectivity index (χ4n) is 4.73. The first-order valence-electron chi connectivity index (χ1n) is 11.2. The molecule has 4 aromatic carbocycles. The molecule has 2 heterocycles. The van der Waals surface area contributed by atoms with Crippen molar-refractivity contribution in [1.29, 1.82) is 0 Å². The molecular formula is C28H20F2N2O2. The number of halogens is 2. The summed E-state index contributed by atoms with van der Waals surface area (Å²) in [6.07, 6.45) is 1.61. The minimum Gasteiger partial charge on any atom is -0.438 e. The van der Waals surface area contributed by atoms with Crippen LogP contribution in [0.25, 0.3) is 33.0 Å². The zero-order valence-electron chi connectivity index (χ0n) is 18.2. The summed E-state index contributed by atoms with van der Waals surface area (Å²) in [7, 11) is 0. The van der Waals surface area contributed by atoms with Gasteiger partial charge >= 0.3 is 0 Å². The number of benzene rings is 4. The second kappa shape index (κ2) is 8.06. The fourth-order valence-corrected chi connectivity index (χ4v) is 4.73. The number of amides is 1.